The number of amides is 1. The number of ketones is 1. The zero-order valence-electron chi connectivity index (χ0n) is 15.6. The maximum atomic E-state index is 12.9. The number of rotatable bonds is 4. The average Bonchev–Trinajstić information content (AvgIpc) is 3.31. The van der Waals surface area contributed by atoms with Crippen LogP contribution in [0.2, 0.25) is 5.02 Å². The van der Waals surface area contributed by atoms with Crippen molar-refractivity contribution in [3.8, 4) is 0 Å². The minimum Gasteiger partial charge on any atom is -0.507 e. The van der Waals surface area contributed by atoms with Crippen LogP contribution in [0.15, 0.2) is 42.0 Å². The van der Waals surface area contributed by atoms with Gasteiger partial charge in [0.05, 0.1) is 17.7 Å². The van der Waals surface area contributed by atoms with E-state index in [-0.39, 0.29) is 23.4 Å². The van der Waals surface area contributed by atoms with E-state index in [2.05, 4.69) is 12.2 Å². The molecule has 1 aliphatic carbocycles. The molecule has 0 spiro atoms. The topological polar surface area (TPSA) is 66.8 Å². The first-order valence-electron chi connectivity index (χ1n) is 9.87. The molecule has 28 heavy (non-hydrogen) atoms. The van der Waals surface area contributed by atoms with Gasteiger partial charge in [0, 0.05) is 23.7 Å². The number of nitrogens with zero attached hydrogens (tertiary/aromatic N) is 1. The molecule has 5 nitrogen and oxygen atoms in total. The molecule has 148 valence electrons. The molecule has 0 radical (unpaired) electrons. The minimum absolute atomic E-state index is 0.0459. The minimum atomic E-state index is -0.606. The molecule has 2 fully saturated rings. The molecule has 0 aromatic heterocycles. The summed E-state index contributed by atoms with van der Waals surface area (Å²) in [5.41, 5.74) is 0.710. The van der Waals surface area contributed by atoms with Crippen LogP contribution in [0.25, 0.3) is 5.76 Å². The van der Waals surface area contributed by atoms with Gasteiger partial charge in [0.15, 0.2) is 0 Å². The molecular weight excluding hydrogens is 378 g/mol. The SMILES string of the molecule is O=C1C(=O)N(C[C@@H]2CCCO2)[C@@H]([C@H]2CC=CCC2)C1=C(O)c1ccc(Cl)cc1. The number of hydrogen-bond acceptors (Lipinski definition) is 4. The molecule has 1 aromatic rings. The lowest BCUT2D eigenvalue weighted by Crippen LogP contribution is -2.43. The molecule has 2 saturated heterocycles. The average molecular weight is 402 g/mol. The van der Waals surface area contributed by atoms with E-state index in [0.29, 0.717) is 23.7 Å². The molecule has 1 aromatic carbocycles. The number of aliphatic hydroxyl groups excluding tert-OH is 1. The molecule has 0 saturated carbocycles. The van der Waals surface area contributed by atoms with Crippen molar-refractivity contribution in [1.82, 2.24) is 4.90 Å². The second-order valence-electron chi connectivity index (χ2n) is 7.68. The van der Waals surface area contributed by atoms with Gasteiger partial charge < -0.3 is 14.7 Å². The number of likely N-dealkylation sites (tertiary alicyclic amines) is 1. The smallest absolute Gasteiger partial charge is 0.295 e. The maximum absolute atomic E-state index is 12.9. The molecule has 3 aliphatic rings. The van der Waals surface area contributed by atoms with Crippen LogP contribution < -0.4 is 0 Å². The number of carbonyl (C=O) groups excluding carboxylic acids is 2. The molecule has 0 bridgehead atoms. The van der Waals surface area contributed by atoms with Crippen molar-refractivity contribution in [1.29, 1.82) is 0 Å². The normalized spacial score (nSPS) is 29.6. The number of carbonyl (C=O) groups is 2. The zero-order valence-corrected chi connectivity index (χ0v) is 16.4. The Bertz CT molecular complexity index is 823. The van der Waals surface area contributed by atoms with E-state index in [1.54, 1.807) is 29.2 Å². The molecule has 6 heteroatoms. The Hall–Kier alpha value is -2.11. The van der Waals surface area contributed by atoms with Crippen molar-refractivity contribution in [3.05, 3.63) is 52.6 Å². The van der Waals surface area contributed by atoms with E-state index in [1.807, 2.05) is 0 Å². The van der Waals surface area contributed by atoms with Crippen LogP contribution >= 0.6 is 11.6 Å². The number of ether oxygens (including phenoxy) is 1. The number of allylic oxidation sites excluding steroid dienone is 2. The fourth-order valence-electron chi connectivity index (χ4n) is 4.47. The standard InChI is InChI=1S/C22H24ClNO4/c23-16-10-8-15(9-11-16)20(25)18-19(14-5-2-1-3-6-14)24(22(27)21(18)26)13-17-7-4-12-28-17/h1-2,8-11,14,17,19,25H,3-7,12-13H2/t14-,17-,19-/m0/s1. The van der Waals surface area contributed by atoms with E-state index in [1.165, 1.54) is 0 Å². The van der Waals surface area contributed by atoms with Gasteiger partial charge in [-0.3, -0.25) is 9.59 Å². The van der Waals surface area contributed by atoms with Gasteiger partial charge in [-0.15, -0.1) is 0 Å². The van der Waals surface area contributed by atoms with Gasteiger partial charge in [-0.1, -0.05) is 23.8 Å². The first kappa shape index (κ1) is 19.2. The Kier molecular flexibility index (Phi) is 5.56. The summed E-state index contributed by atoms with van der Waals surface area (Å²) in [6.45, 7) is 1.09. The highest BCUT2D eigenvalue weighted by atomic mass is 35.5. The van der Waals surface area contributed by atoms with Crippen LogP contribution in [0.3, 0.4) is 0 Å². The van der Waals surface area contributed by atoms with Gasteiger partial charge in [-0.2, -0.15) is 0 Å². The Balaban J connectivity index is 1.74. The first-order valence-corrected chi connectivity index (χ1v) is 10.2. The number of hydrogen-bond donors (Lipinski definition) is 1. The van der Waals surface area contributed by atoms with Crippen LogP contribution in [0.5, 0.6) is 0 Å². The van der Waals surface area contributed by atoms with Crippen LogP contribution in [0.4, 0.5) is 0 Å². The highest BCUT2D eigenvalue weighted by molar-refractivity contribution is 6.46. The van der Waals surface area contributed by atoms with Crippen LogP contribution in [-0.4, -0.2) is 47.0 Å². The van der Waals surface area contributed by atoms with E-state index >= 15 is 0 Å². The first-order chi connectivity index (χ1) is 13.6. The number of halogens is 1. The molecular formula is C22H24ClNO4. The lowest BCUT2D eigenvalue weighted by atomic mass is 9.83. The fraction of sp³-hybridized carbons (Fsp3) is 0.455. The van der Waals surface area contributed by atoms with E-state index in [9.17, 15) is 14.7 Å². The van der Waals surface area contributed by atoms with Gasteiger partial charge in [-0.05, 0) is 62.3 Å². The summed E-state index contributed by atoms with van der Waals surface area (Å²) in [5.74, 6) is -1.16. The van der Waals surface area contributed by atoms with E-state index in [0.717, 1.165) is 32.1 Å². The summed E-state index contributed by atoms with van der Waals surface area (Å²) in [5, 5.41) is 11.5. The quantitative estimate of drug-likeness (QED) is 0.359. The molecule has 4 rings (SSSR count). The highest BCUT2D eigenvalue weighted by Gasteiger charge is 2.49. The van der Waals surface area contributed by atoms with Crippen molar-refractivity contribution < 1.29 is 19.4 Å². The Morgan fingerprint density at radius 1 is 1.18 bits per heavy atom. The van der Waals surface area contributed by atoms with Gasteiger partial charge in [-0.25, -0.2) is 0 Å². The number of Topliss-reactive ketones (excluding diaryl/α,β-unsaturated/α-hetero) is 1. The summed E-state index contributed by atoms with van der Waals surface area (Å²) in [6.07, 6.45) is 8.60. The number of aliphatic hydroxyl groups is 1. The van der Waals surface area contributed by atoms with E-state index in [4.69, 9.17) is 16.3 Å². The molecule has 2 aliphatic heterocycles. The van der Waals surface area contributed by atoms with Gasteiger partial charge in [0.25, 0.3) is 11.7 Å². The molecule has 1 N–H and O–H groups in total. The predicted octanol–water partition coefficient (Wildman–Crippen LogP) is 3.92. The second kappa shape index (κ2) is 8.10. The lowest BCUT2D eigenvalue weighted by molar-refractivity contribution is -0.141. The van der Waals surface area contributed by atoms with Crippen molar-refractivity contribution in [3.63, 3.8) is 0 Å². The molecule has 1 amide bonds. The third-order valence-corrected chi connectivity index (χ3v) is 6.14. The van der Waals surface area contributed by atoms with Gasteiger partial charge in [0.2, 0.25) is 0 Å². The molecule has 0 unspecified atom stereocenters. The Morgan fingerprint density at radius 3 is 2.61 bits per heavy atom. The van der Waals surface area contributed by atoms with Crippen molar-refractivity contribution in [2.45, 2.75) is 44.2 Å². The van der Waals surface area contributed by atoms with Crippen LogP contribution in [-0.2, 0) is 14.3 Å². The summed E-state index contributed by atoms with van der Waals surface area (Å²) in [4.78, 5) is 27.5. The molecule has 2 heterocycles. The summed E-state index contributed by atoms with van der Waals surface area (Å²) in [6, 6.07) is 6.24. The fourth-order valence-corrected chi connectivity index (χ4v) is 4.60. The van der Waals surface area contributed by atoms with Gasteiger partial charge >= 0.3 is 0 Å². The highest BCUT2D eigenvalue weighted by Crippen LogP contribution is 2.38. The molecule has 3 atom stereocenters. The van der Waals surface area contributed by atoms with Crippen molar-refractivity contribution >= 4 is 29.1 Å². The zero-order chi connectivity index (χ0) is 19.7. The maximum Gasteiger partial charge on any atom is 0.295 e. The second-order valence-corrected chi connectivity index (χ2v) is 8.12. The van der Waals surface area contributed by atoms with Gasteiger partial charge in [0.1, 0.15) is 5.76 Å². The van der Waals surface area contributed by atoms with Crippen LogP contribution in [0, 0.1) is 5.92 Å². The largest absolute Gasteiger partial charge is 0.507 e. The Labute approximate surface area is 169 Å². The van der Waals surface area contributed by atoms with E-state index < -0.39 is 17.7 Å². The van der Waals surface area contributed by atoms with Crippen LogP contribution in [0.1, 0.15) is 37.7 Å². The summed E-state index contributed by atoms with van der Waals surface area (Å²) >= 11 is 5.95. The summed E-state index contributed by atoms with van der Waals surface area (Å²) in [7, 11) is 0. The third kappa shape index (κ3) is 3.61. The third-order valence-electron chi connectivity index (χ3n) is 5.88. The monoisotopic (exact) mass is 401 g/mol. The lowest BCUT2D eigenvalue weighted by Gasteiger charge is -2.33. The predicted molar refractivity (Wildman–Crippen MR) is 107 cm³/mol. The van der Waals surface area contributed by atoms with Crippen molar-refractivity contribution in [2.75, 3.05) is 13.2 Å². The number of benzene rings is 1. The Morgan fingerprint density at radius 2 is 1.96 bits per heavy atom. The summed E-state index contributed by atoms with van der Waals surface area (Å²) < 4.78 is 5.72. The van der Waals surface area contributed by atoms with Crippen molar-refractivity contribution in [2.24, 2.45) is 5.92 Å².